The molecule has 4 atom stereocenters. The molecule has 4 unspecified atom stereocenters. The lowest BCUT2D eigenvalue weighted by atomic mass is 9.94. The Kier molecular flexibility index (Phi) is 8.10. The van der Waals surface area contributed by atoms with Gasteiger partial charge in [0.05, 0.1) is 13.2 Å². The van der Waals surface area contributed by atoms with Gasteiger partial charge in [0, 0.05) is 5.56 Å². The van der Waals surface area contributed by atoms with E-state index in [1.54, 1.807) is 12.1 Å². The van der Waals surface area contributed by atoms with Crippen LogP contribution in [0.3, 0.4) is 0 Å². The molecule has 0 saturated carbocycles. The third kappa shape index (κ3) is 5.60. The molecule has 0 aromatic heterocycles. The molecule has 0 fully saturated rings. The lowest BCUT2D eigenvalue weighted by molar-refractivity contribution is -0.105. The highest BCUT2D eigenvalue weighted by Gasteiger charge is 2.34. The smallest absolute Gasteiger partial charge is 0.194 e. The van der Waals surface area contributed by atoms with Gasteiger partial charge in [0.25, 0.3) is 0 Å². The number of rotatable bonds is 10. The second-order valence-corrected chi connectivity index (χ2v) is 6.49. The zero-order valence-electron chi connectivity index (χ0n) is 15.6. The Morgan fingerprint density at radius 1 is 0.964 bits per heavy atom. The van der Waals surface area contributed by atoms with Crippen molar-refractivity contribution in [1.82, 2.24) is 0 Å². The van der Waals surface area contributed by atoms with Crippen molar-refractivity contribution in [3.8, 4) is 5.75 Å². The third-order valence-corrected chi connectivity index (χ3v) is 4.38. The summed E-state index contributed by atoms with van der Waals surface area (Å²) in [6.07, 6.45) is -6.82. The zero-order valence-corrected chi connectivity index (χ0v) is 15.6. The molecule has 0 aliphatic rings. The van der Waals surface area contributed by atoms with Crippen molar-refractivity contribution in [2.45, 2.75) is 37.8 Å². The molecule has 7 nitrogen and oxygen atoms in total. The summed E-state index contributed by atoms with van der Waals surface area (Å²) in [5, 5.41) is 47.8. The van der Waals surface area contributed by atoms with Crippen LogP contribution in [0.25, 0.3) is 0 Å². The van der Waals surface area contributed by atoms with E-state index in [0.29, 0.717) is 13.0 Å². The fourth-order valence-electron chi connectivity index (χ4n) is 2.79. The number of benzene rings is 2. The molecule has 0 radical (unpaired) electrons. The van der Waals surface area contributed by atoms with Crippen molar-refractivity contribution < 1.29 is 35.1 Å². The first-order chi connectivity index (χ1) is 13.4. The number of hydrogen-bond acceptors (Lipinski definition) is 7. The van der Waals surface area contributed by atoms with Gasteiger partial charge >= 0.3 is 0 Å². The fraction of sp³-hybridized carbons (Fsp3) is 0.381. The van der Waals surface area contributed by atoms with Crippen LogP contribution in [0.15, 0.2) is 48.5 Å². The average Bonchev–Trinajstić information content (AvgIpc) is 2.72. The lowest BCUT2D eigenvalue weighted by Gasteiger charge is -2.24. The number of Topliss-reactive ketones (excluding diaryl/α,β-unsaturated/α-hetero) is 1. The molecule has 2 aromatic carbocycles. The normalized spacial score (nSPS) is 15.5. The number of carbonyl (C=O) groups is 1. The van der Waals surface area contributed by atoms with E-state index in [4.69, 9.17) is 9.84 Å². The summed E-state index contributed by atoms with van der Waals surface area (Å²) in [4.78, 5) is 12.4. The highest BCUT2D eigenvalue weighted by Crippen LogP contribution is 2.18. The Morgan fingerprint density at radius 2 is 1.64 bits per heavy atom. The van der Waals surface area contributed by atoms with Crippen LogP contribution in [-0.2, 0) is 6.42 Å². The minimum atomic E-state index is -1.93. The lowest BCUT2D eigenvalue weighted by Crippen LogP contribution is -2.48. The van der Waals surface area contributed by atoms with Gasteiger partial charge in [-0.1, -0.05) is 30.3 Å². The molecule has 28 heavy (non-hydrogen) atoms. The predicted octanol–water partition coefficient (Wildman–Crippen LogP) is 0.295. The van der Waals surface area contributed by atoms with Gasteiger partial charge in [0.2, 0.25) is 0 Å². The zero-order chi connectivity index (χ0) is 20.7. The summed E-state index contributed by atoms with van der Waals surface area (Å²) in [6, 6.07) is 14.2. The maximum absolute atomic E-state index is 12.4. The molecule has 5 N–H and O–H groups in total. The van der Waals surface area contributed by atoms with Gasteiger partial charge in [-0.3, -0.25) is 4.79 Å². The van der Waals surface area contributed by atoms with Crippen LogP contribution < -0.4 is 4.74 Å². The number of hydrogen-bond donors (Lipinski definition) is 5. The van der Waals surface area contributed by atoms with Gasteiger partial charge in [-0.05, 0) is 42.7 Å². The van der Waals surface area contributed by atoms with Gasteiger partial charge < -0.3 is 30.3 Å². The highest BCUT2D eigenvalue weighted by atomic mass is 16.5. The standard InChI is InChI=1S/C21H26O7/c1-2-28-16-8-6-13(7-9-16)10-14-4-3-5-15(11-14)18(24)20(26)21(27)19(25)17(23)12-22/h3-9,11,17,19-23,25-27H,2,10,12H2,1H3. The molecular formula is C21H26O7. The van der Waals surface area contributed by atoms with Crippen molar-refractivity contribution in [2.24, 2.45) is 0 Å². The summed E-state index contributed by atoms with van der Waals surface area (Å²) < 4.78 is 5.40. The van der Waals surface area contributed by atoms with Gasteiger partial charge in [-0.15, -0.1) is 0 Å². The van der Waals surface area contributed by atoms with Crippen molar-refractivity contribution >= 4 is 5.78 Å². The molecule has 0 aliphatic heterocycles. The molecule has 2 aromatic rings. The minimum Gasteiger partial charge on any atom is -0.494 e. The number of aliphatic hydroxyl groups excluding tert-OH is 5. The second kappa shape index (κ2) is 10.3. The van der Waals surface area contributed by atoms with Crippen LogP contribution in [0.4, 0.5) is 0 Å². The van der Waals surface area contributed by atoms with E-state index >= 15 is 0 Å². The van der Waals surface area contributed by atoms with Gasteiger partial charge in [0.1, 0.15) is 30.2 Å². The monoisotopic (exact) mass is 390 g/mol. The molecule has 0 amide bonds. The van der Waals surface area contributed by atoms with Crippen LogP contribution >= 0.6 is 0 Å². The Labute approximate surface area is 163 Å². The average molecular weight is 390 g/mol. The molecule has 0 heterocycles. The molecule has 152 valence electrons. The van der Waals surface area contributed by atoms with Crippen LogP contribution in [0.1, 0.15) is 28.4 Å². The maximum Gasteiger partial charge on any atom is 0.194 e. The predicted molar refractivity (Wildman–Crippen MR) is 102 cm³/mol. The van der Waals surface area contributed by atoms with E-state index in [1.165, 1.54) is 6.07 Å². The Balaban J connectivity index is 2.09. The number of carbonyl (C=O) groups excluding carboxylic acids is 1. The van der Waals surface area contributed by atoms with Gasteiger partial charge in [0.15, 0.2) is 5.78 Å². The first kappa shape index (κ1) is 22.0. The first-order valence-electron chi connectivity index (χ1n) is 9.05. The third-order valence-electron chi connectivity index (χ3n) is 4.38. The van der Waals surface area contributed by atoms with E-state index < -0.39 is 36.8 Å². The second-order valence-electron chi connectivity index (χ2n) is 6.49. The summed E-state index contributed by atoms with van der Waals surface area (Å²) >= 11 is 0. The van der Waals surface area contributed by atoms with Gasteiger partial charge in [-0.25, -0.2) is 0 Å². The fourth-order valence-corrected chi connectivity index (χ4v) is 2.79. The molecule has 0 saturated heterocycles. The van der Waals surface area contributed by atoms with E-state index in [1.807, 2.05) is 37.3 Å². The maximum atomic E-state index is 12.4. The number of ketones is 1. The quantitative estimate of drug-likeness (QED) is 0.369. The van der Waals surface area contributed by atoms with Crippen LogP contribution in [0.5, 0.6) is 5.75 Å². The molecule has 0 spiro atoms. The molecule has 2 rings (SSSR count). The van der Waals surface area contributed by atoms with Crippen molar-refractivity contribution in [3.63, 3.8) is 0 Å². The molecule has 0 aliphatic carbocycles. The highest BCUT2D eigenvalue weighted by molar-refractivity contribution is 5.99. The van der Waals surface area contributed by atoms with E-state index in [2.05, 4.69) is 0 Å². The Morgan fingerprint density at radius 3 is 2.25 bits per heavy atom. The topological polar surface area (TPSA) is 127 Å². The van der Waals surface area contributed by atoms with Crippen LogP contribution in [0, 0.1) is 0 Å². The van der Waals surface area contributed by atoms with E-state index in [-0.39, 0.29) is 5.56 Å². The van der Waals surface area contributed by atoms with Crippen LogP contribution in [-0.4, -0.2) is 68.9 Å². The summed E-state index contributed by atoms with van der Waals surface area (Å²) in [5.41, 5.74) is 2.00. The Bertz CT molecular complexity index is 760. The SMILES string of the molecule is CCOc1ccc(Cc2cccc(C(=O)C(O)C(O)C(O)C(O)CO)c2)cc1. The number of ether oxygens (including phenoxy) is 1. The summed E-state index contributed by atoms with van der Waals surface area (Å²) in [5.74, 6) is -0.0128. The molecular weight excluding hydrogens is 364 g/mol. The Hall–Kier alpha value is -2.29. The first-order valence-corrected chi connectivity index (χ1v) is 9.05. The van der Waals surface area contributed by atoms with Crippen LogP contribution in [0.2, 0.25) is 0 Å². The van der Waals surface area contributed by atoms with Crippen molar-refractivity contribution in [1.29, 1.82) is 0 Å². The van der Waals surface area contributed by atoms with Crippen molar-refractivity contribution in [3.05, 3.63) is 65.2 Å². The van der Waals surface area contributed by atoms with Gasteiger partial charge in [-0.2, -0.15) is 0 Å². The number of aliphatic hydroxyl groups is 5. The molecule has 0 bridgehead atoms. The largest absolute Gasteiger partial charge is 0.494 e. The summed E-state index contributed by atoms with van der Waals surface area (Å²) in [6.45, 7) is 1.68. The summed E-state index contributed by atoms with van der Waals surface area (Å²) in [7, 11) is 0. The molecule has 7 heteroatoms. The minimum absolute atomic E-state index is 0.167. The van der Waals surface area contributed by atoms with Crippen molar-refractivity contribution in [2.75, 3.05) is 13.2 Å². The van der Waals surface area contributed by atoms with E-state index in [0.717, 1.165) is 16.9 Å². The van der Waals surface area contributed by atoms with E-state index in [9.17, 15) is 25.2 Å².